The van der Waals surface area contributed by atoms with E-state index in [-0.39, 0.29) is 17.0 Å². The van der Waals surface area contributed by atoms with Crippen LogP contribution in [0.1, 0.15) is 10.4 Å². The number of amides is 2. The van der Waals surface area contributed by atoms with Crippen LogP contribution in [0.3, 0.4) is 0 Å². The minimum absolute atomic E-state index is 0.00693. The minimum atomic E-state index is -3.68. The minimum Gasteiger partial charge on any atom is -0.343 e. The van der Waals surface area contributed by atoms with Crippen LogP contribution < -0.4 is 10.6 Å². The van der Waals surface area contributed by atoms with E-state index < -0.39 is 21.8 Å². The van der Waals surface area contributed by atoms with Crippen molar-refractivity contribution in [3.05, 3.63) is 71.9 Å². The Kier molecular flexibility index (Phi) is 7.29. The van der Waals surface area contributed by atoms with E-state index >= 15 is 0 Å². The zero-order chi connectivity index (χ0) is 25.9. The van der Waals surface area contributed by atoms with Gasteiger partial charge in [0.25, 0.3) is 5.91 Å². The number of carbonyl (C=O) groups is 2. The maximum absolute atomic E-state index is 12.5. The van der Waals surface area contributed by atoms with Crippen LogP contribution in [0, 0.1) is 0 Å². The number of thiazole rings is 1. The highest BCUT2D eigenvalue weighted by Gasteiger charge is 2.19. The molecule has 0 fully saturated rings. The van der Waals surface area contributed by atoms with Crippen molar-refractivity contribution in [2.75, 3.05) is 26.0 Å². The Bertz CT molecular complexity index is 1520. The lowest BCUT2D eigenvalue weighted by Crippen LogP contribution is -2.33. The molecule has 0 atom stereocenters. The summed E-state index contributed by atoms with van der Waals surface area (Å²) in [6.45, 7) is -0.297. The summed E-state index contributed by atoms with van der Waals surface area (Å²) in [5.41, 5.74) is 3.74. The number of aromatic nitrogens is 3. The van der Waals surface area contributed by atoms with Crippen molar-refractivity contribution in [3.63, 3.8) is 0 Å². The van der Waals surface area contributed by atoms with Gasteiger partial charge in [-0.05, 0) is 29.8 Å². The molecule has 4 rings (SSSR count). The molecule has 2 heterocycles. The summed E-state index contributed by atoms with van der Waals surface area (Å²) < 4.78 is 27.4. The fraction of sp³-hybridized carbons (Fsp3) is 0.167. The summed E-state index contributed by atoms with van der Waals surface area (Å²) in [5.74, 6) is -1.02. The van der Waals surface area contributed by atoms with Gasteiger partial charge in [0.05, 0.1) is 23.3 Å². The van der Waals surface area contributed by atoms with Crippen LogP contribution in [-0.4, -0.2) is 59.9 Å². The summed E-state index contributed by atoms with van der Waals surface area (Å²) >= 11 is 1.27. The smallest absolute Gasteiger partial charge is 0.251 e. The monoisotopic (exact) mass is 524 g/mol. The third kappa shape index (κ3) is 5.67. The van der Waals surface area contributed by atoms with E-state index in [1.807, 2.05) is 42.9 Å². The Morgan fingerprint density at radius 3 is 2.53 bits per heavy atom. The lowest BCUT2D eigenvalue weighted by Gasteiger charge is -2.12. The van der Waals surface area contributed by atoms with E-state index in [2.05, 4.69) is 20.7 Å². The number of aryl methyl sites for hydroxylation is 1. The molecule has 2 amide bonds. The predicted molar refractivity (Wildman–Crippen MR) is 138 cm³/mol. The highest BCUT2D eigenvalue weighted by atomic mass is 32.2. The van der Waals surface area contributed by atoms with Crippen molar-refractivity contribution in [2.45, 2.75) is 4.90 Å². The summed E-state index contributed by atoms with van der Waals surface area (Å²) in [6.07, 6.45) is 3.72. The number of anilines is 1. The number of rotatable bonds is 8. The van der Waals surface area contributed by atoms with Crippen LogP contribution in [0.2, 0.25) is 0 Å². The van der Waals surface area contributed by atoms with Gasteiger partial charge < -0.3 is 10.6 Å². The number of sulfonamides is 1. The van der Waals surface area contributed by atoms with E-state index in [1.165, 1.54) is 49.7 Å². The summed E-state index contributed by atoms with van der Waals surface area (Å²) in [7, 11) is 1.00. The Hall–Kier alpha value is -3.87. The average molecular weight is 525 g/mol. The Labute approximate surface area is 212 Å². The maximum atomic E-state index is 12.5. The molecule has 186 valence electrons. The van der Waals surface area contributed by atoms with Gasteiger partial charge in [-0.3, -0.25) is 14.3 Å². The van der Waals surface area contributed by atoms with Crippen LogP contribution >= 0.6 is 11.3 Å². The Balaban J connectivity index is 1.37. The van der Waals surface area contributed by atoms with Crippen molar-refractivity contribution in [1.82, 2.24) is 24.4 Å². The first-order valence-corrected chi connectivity index (χ1v) is 13.1. The van der Waals surface area contributed by atoms with Crippen LogP contribution in [0.5, 0.6) is 0 Å². The molecule has 0 aliphatic heterocycles. The molecule has 0 aliphatic rings. The molecule has 0 saturated carbocycles. The van der Waals surface area contributed by atoms with Crippen molar-refractivity contribution in [3.8, 4) is 22.4 Å². The normalized spacial score (nSPS) is 11.4. The van der Waals surface area contributed by atoms with Gasteiger partial charge in [-0.25, -0.2) is 17.7 Å². The number of carbonyl (C=O) groups excluding carboxylic acids is 2. The number of nitrogens with one attached hydrogen (secondary N) is 2. The molecule has 0 spiro atoms. The number of hydrogen-bond donors (Lipinski definition) is 2. The molecule has 0 unspecified atom stereocenters. The fourth-order valence-corrected chi connectivity index (χ4v) is 5.01. The van der Waals surface area contributed by atoms with Crippen molar-refractivity contribution < 1.29 is 18.0 Å². The largest absolute Gasteiger partial charge is 0.343 e. The van der Waals surface area contributed by atoms with Crippen LogP contribution in [-0.2, 0) is 21.9 Å². The van der Waals surface area contributed by atoms with Gasteiger partial charge in [0, 0.05) is 49.4 Å². The van der Waals surface area contributed by atoms with E-state index in [1.54, 1.807) is 10.9 Å². The number of hydrogen-bond acceptors (Lipinski definition) is 7. The molecule has 2 N–H and O–H groups in total. The first kappa shape index (κ1) is 25.2. The molecular formula is C24H24N6O4S2. The quantitative estimate of drug-likeness (QED) is 0.365. The molecule has 2 aromatic carbocycles. The highest BCUT2D eigenvalue weighted by molar-refractivity contribution is 7.89. The van der Waals surface area contributed by atoms with Gasteiger partial charge in [0.15, 0.2) is 5.13 Å². The van der Waals surface area contributed by atoms with Crippen molar-refractivity contribution >= 4 is 38.3 Å². The molecule has 2 aromatic heterocycles. The van der Waals surface area contributed by atoms with Gasteiger partial charge in [-0.2, -0.15) is 5.10 Å². The zero-order valence-corrected chi connectivity index (χ0v) is 21.4. The second-order valence-electron chi connectivity index (χ2n) is 8.07. The first-order chi connectivity index (χ1) is 17.1. The Morgan fingerprint density at radius 1 is 1.06 bits per heavy atom. The highest BCUT2D eigenvalue weighted by Crippen LogP contribution is 2.28. The second-order valence-corrected chi connectivity index (χ2v) is 11.1. The maximum Gasteiger partial charge on any atom is 0.251 e. The number of nitrogens with zero attached hydrogens (tertiary/aromatic N) is 4. The summed E-state index contributed by atoms with van der Waals surface area (Å²) in [6, 6.07) is 13.5. The molecule has 0 saturated heterocycles. The third-order valence-electron chi connectivity index (χ3n) is 5.23. The summed E-state index contributed by atoms with van der Waals surface area (Å²) in [4.78, 5) is 29.3. The molecule has 0 radical (unpaired) electrons. The van der Waals surface area contributed by atoms with Crippen molar-refractivity contribution in [1.29, 1.82) is 0 Å². The first-order valence-electron chi connectivity index (χ1n) is 10.8. The molecule has 10 nitrogen and oxygen atoms in total. The van der Waals surface area contributed by atoms with E-state index in [0.29, 0.717) is 10.8 Å². The van der Waals surface area contributed by atoms with E-state index in [9.17, 15) is 18.0 Å². The molecule has 0 aliphatic carbocycles. The van der Waals surface area contributed by atoms with Gasteiger partial charge >= 0.3 is 0 Å². The lowest BCUT2D eigenvalue weighted by atomic mass is 10.1. The SMILES string of the molecule is CN(C)S(=O)(=O)c1cccc(C(=O)NCC(=O)Nc2nc(-c3cccc(-c4cnn(C)c4)c3)cs2)c1. The predicted octanol–water partition coefficient (Wildman–Crippen LogP) is 2.83. The number of benzene rings is 2. The molecule has 12 heteroatoms. The zero-order valence-electron chi connectivity index (χ0n) is 19.8. The van der Waals surface area contributed by atoms with E-state index in [4.69, 9.17) is 0 Å². The fourth-order valence-electron chi connectivity index (χ4n) is 3.33. The molecule has 36 heavy (non-hydrogen) atoms. The molecule has 0 bridgehead atoms. The van der Waals surface area contributed by atoms with Crippen molar-refractivity contribution in [2.24, 2.45) is 7.05 Å². The Morgan fingerprint density at radius 2 is 1.81 bits per heavy atom. The topological polar surface area (TPSA) is 126 Å². The standard InChI is InChI=1S/C24H24N6O4S2/c1-29(2)36(33,34)20-9-5-8-18(11-20)23(32)25-13-22(31)28-24-27-21(15-35-24)17-7-4-6-16(10-17)19-12-26-30(3)14-19/h4-12,14-15H,13H2,1-3H3,(H,25,32)(H,27,28,31). The van der Waals surface area contributed by atoms with Gasteiger partial charge in [0.2, 0.25) is 15.9 Å². The van der Waals surface area contributed by atoms with Crippen LogP contribution in [0.4, 0.5) is 5.13 Å². The average Bonchev–Trinajstić information content (AvgIpc) is 3.51. The second kappa shape index (κ2) is 10.4. The molecular weight excluding hydrogens is 500 g/mol. The van der Waals surface area contributed by atoms with Crippen LogP contribution in [0.15, 0.2) is 71.2 Å². The lowest BCUT2D eigenvalue weighted by molar-refractivity contribution is -0.115. The van der Waals surface area contributed by atoms with Crippen LogP contribution in [0.25, 0.3) is 22.4 Å². The van der Waals surface area contributed by atoms with E-state index in [0.717, 1.165) is 21.0 Å². The van der Waals surface area contributed by atoms with Gasteiger partial charge in [-0.15, -0.1) is 11.3 Å². The van der Waals surface area contributed by atoms with Gasteiger partial charge in [0.1, 0.15) is 0 Å². The van der Waals surface area contributed by atoms with Gasteiger partial charge in [-0.1, -0.05) is 24.3 Å². The third-order valence-corrected chi connectivity index (χ3v) is 7.80. The molecule has 4 aromatic rings. The summed E-state index contributed by atoms with van der Waals surface area (Å²) in [5, 5.41) is 11.6.